The highest BCUT2D eigenvalue weighted by molar-refractivity contribution is 7.59. The highest BCUT2D eigenvalue weighted by Gasteiger charge is 2.39. The van der Waals surface area contributed by atoms with Crippen LogP contribution in [0, 0.1) is 0 Å². The first-order valence-electron chi connectivity index (χ1n) is 39.2. The van der Waals surface area contributed by atoms with Crippen molar-refractivity contribution in [3.8, 4) is 0 Å². The van der Waals surface area contributed by atoms with Crippen LogP contribution in [0.3, 0.4) is 0 Å². The van der Waals surface area contributed by atoms with Gasteiger partial charge in [-0.3, -0.25) is 0 Å². The first-order valence-corrected chi connectivity index (χ1v) is 46.6. The lowest BCUT2D eigenvalue weighted by molar-refractivity contribution is -0.455. The minimum atomic E-state index is -4.27. The zero-order chi connectivity index (χ0) is 89.2. The van der Waals surface area contributed by atoms with Crippen molar-refractivity contribution >= 4 is 74.8 Å². The van der Waals surface area contributed by atoms with Gasteiger partial charge in [0.2, 0.25) is 0 Å². The van der Waals surface area contributed by atoms with E-state index >= 15 is 0 Å². The Kier molecular flexibility index (Phi) is 38.8. The average molecular weight is 1770 g/mol. The van der Waals surface area contributed by atoms with Gasteiger partial charge in [0.15, 0.2) is 52.5 Å². The van der Waals surface area contributed by atoms with E-state index in [9.17, 15) is 37.8 Å². The van der Waals surface area contributed by atoms with Crippen LogP contribution in [0.5, 0.6) is 0 Å². The van der Waals surface area contributed by atoms with Crippen molar-refractivity contribution < 1.29 is 80.3 Å². The third kappa shape index (κ3) is 29.1. The highest BCUT2D eigenvalue weighted by atomic mass is 35.5. The summed E-state index contributed by atoms with van der Waals surface area (Å²) in [5.74, 6) is 1.11. The summed E-state index contributed by atoms with van der Waals surface area (Å²) in [6.07, 6.45) is 0. The summed E-state index contributed by atoms with van der Waals surface area (Å²) in [6.45, 7) is 0. The van der Waals surface area contributed by atoms with E-state index in [1.54, 1.807) is 72.8 Å². The van der Waals surface area contributed by atoms with Crippen molar-refractivity contribution in [2.24, 2.45) is 0 Å². The van der Waals surface area contributed by atoms with Crippen LogP contribution < -0.4 is 63.7 Å². The lowest BCUT2D eigenvalue weighted by Gasteiger charge is -2.27. The SMILES string of the molecule is ClCCCl.O=P([O-])(O)c1ccccc1.O=P([O-])(O)c1ccccc1.O=P([O-])(O)c1ccccc1.O=P([O-])(O)c1ccccc1.[NH3+]C(c1ccccc1)(c1ccccc1)c1ccccc1.[NH3+]C(c1ccccc1)(c1ccccc1)c1ccccc1.[NH3+]C(c1ccccc1)(c1ccccc1)c1ccccc1.[NH3+]C(c1ccccc1)(c1ccccc1)c1ccccc1. The van der Waals surface area contributed by atoms with Crippen LogP contribution >= 0.6 is 53.6 Å². The Hall–Kier alpha value is -11.5. The van der Waals surface area contributed by atoms with Gasteiger partial charge in [-0.2, -0.15) is 0 Å². The molecule has 0 fully saturated rings. The third-order valence-corrected chi connectivity index (χ3v) is 24.0. The first kappa shape index (κ1) is 98.0. The van der Waals surface area contributed by atoms with Gasteiger partial charge in [0, 0.05) is 99.7 Å². The molecule has 4 unspecified atom stereocenters. The molecular weight excluding hydrogens is 1670 g/mol. The molecule has 0 spiro atoms. The summed E-state index contributed by atoms with van der Waals surface area (Å²) in [7, 11) is -17.1. The Labute approximate surface area is 736 Å². The summed E-state index contributed by atoms with van der Waals surface area (Å²) in [5.41, 5.74) is 31.3. The monoisotopic (exact) mass is 1770 g/mol. The normalized spacial score (nSPS) is 12.7. The molecule has 0 aliphatic carbocycles. The van der Waals surface area contributed by atoms with Crippen LogP contribution in [-0.2, 0) is 40.4 Å². The lowest BCUT2D eigenvalue weighted by atomic mass is 9.78. The minimum Gasteiger partial charge on any atom is -0.775 e. The number of hydrogen-bond acceptors (Lipinski definition) is 8. The van der Waals surface area contributed by atoms with Crippen LogP contribution in [0.1, 0.15) is 66.8 Å². The molecule has 0 saturated heterocycles. The van der Waals surface area contributed by atoms with Crippen LogP contribution in [0.2, 0.25) is 0 Å². The molecule has 0 aliphatic rings. The van der Waals surface area contributed by atoms with Gasteiger partial charge < -0.3 is 80.3 Å². The van der Waals surface area contributed by atoms with Crippen molar-refractivity contribution in [2.75, 3.05) is 11.8 Å². The Morgan fingerprint density at radius 3 is 0.306 bits per heavy atom. The fourth-order valence-corrected chi connectivity index (χ4v) is 15.3. The van der Waals surface area contributed by atoms with E-state index in [0.29, 0.717) is 11.8 Å². The van der Waals surface area contributed by atoms with E-state index in [-0.39, 0.29) is 43.4 Å². The van der Waals surface area contributed by atoms with Gasteiger partial charge in [-0.15, -0.1) is 23.2 Å². The summed E-state index contributed by atoms with van der Waals surface area (Å²) >= 11 is 10.1. The van der Waals surface area contributed by atoms with Gasteiger partial charge in [0.05, 0.1) is 0 Å². The zero-order valence-corrected chi connectivity index (χ0v) is 73.1. The van der Waals surface area contributed by atoms with E-state index in [0.717, 1.165) is 0 Å². The van der Waals surface area contributed by atoms with Gasteiger partial charge in [-0.05, 0) is 0 Å². The Balaban J connectivity index is 0.000000178. The van der Waals surface area contributed by atoms with Crippen molar-refractivity contribution in [3.63, 3.8) is 0 Å². The smallest absolute Gasteiger partial charge is 0.172 e. The van der Waals surface area contributed by atoms with E-state index in [1.165, 1.54) is 115 Å². The number of quaternary nitrogens is 4. The predicted octanol–water partition coefficient (Wildman–Crippen LogP) is 13.8. The molecule has 0 radical (unpaired) electrons. The van der Waals surface area contributed by atoms with Gasteiger partial charge >= 0.3 is 0 Å². The summed E-state index contributed by atoms with van der Waals surface area (Å²) in [4.78, 5) is 75.6. The minimum absolute atomic E-state index is 0.0463. The quantitative estimate of drug-likeness (QED) is 0.0240. The standard InChI is InChI=1S/4C19H17N.4C6H7O3P.C2H4Cl2/c4*20-19(16-10-4-1-5-11-16,17-12-6-2-7-13-17)18-14-8-3-9-15-18;4*7-10(8,9)6-4-2-1-3-5-6;3-1-2-4/h4*1-15H,20H2;4*1-5H,(H2,7,8,9);1-2H2. The van der Waals surface area contributed by atoms with Crippen molar-refractivity contribution in [3.05, 3.63) is 552 Å². The van der Waals surface area contributed by atoms with Gasteiger partial charge in [-0.1, -0.05) is 485 Å². The fourth-order valence-electron chi connectivity index (χ4n) is 13.1. The molecule has 16 aromatic rings. The Morgan fingerprint density at radius 1 is 0.177 bits per heavy atom. The van der Waals surface area contributed by atoms with Gasteiger partial charge in [0.1, 0.15) is 0 Å². The van der Waals surface area contributed by atoms with Gasteiger partial charge in [0.25, 0.3) is 0 Å². The summed E-state index contributed by atoms with van der Waals surface area (Å²) < 4.78 is 41.7. The van der Waals surface area contributed by atoms with E-state index in [1.807, 2.05) is 72.8 Å². The molecule has 124 heavy (non-hydrogen) atoms. The zero-order valence-electron chi connectivity index (χ0n) is 68.0. The van der Waals surface area contributed by atoms with E-state index in [2.05, 4.69) is 314 Å². The molecule has 4 atom stereocenters. The molecule has 0 amide bonds. The second-order valence-electron chi connectivity index (χ2n) is 27.8. The maximum absolute atomic E-state index is 10.4. The molecule has 0 bridgehead atoms. The maximum atomic E-state index is 10.4. The van der Waals surface area contributed by atoms with Crippen LogP contribution in [0.4, 0.5) is 0 Å². The summed E-state index contributed by atoms with van der Waals surface area (Å²) in [5, 5.41) is -0.185. The summed E-state index contributed by atoms with van der Waals surface area (Å²) in [6, 6.07) is 156. The fraction of sp³-hybridized carbons (Fsp3) is 0.0588. The lowest BCUT2D eigenvalue weighted by Crippen LogP contribution is -2.71. The molecule has 0 saturated carbocycles. The Bertz CT molecular complexity index is 4720. The van der Waals surface area contributed by atoms with E-state index in [4.69, 9.17) is 42.8 Å². The van der Waals surface area contributed by atoms with E-state index < -0.39 is 30.4 Å². The molecule has 0 aliphatic heterocycles. The largest absolute Gasteiger partial charge is 0.775 e. The molecule has 16 N–H and O–H groups in total. The number of benzene rings is 16. The number of rotatable bonds is 17. The molecule has 0 heterocycles. The van der Waals surface area contributed by atoms with Crippen LogP contribution in [-0.4, -0.2) is 31.3 Å². The number of halogens is 2. The molecule has 0 aromatic heterocycles. The molecule has 22 heteroatoms. The third-order valence-electron chi connectivity index (χ3n) is 19.6. The molecule has 16 nitrogen and oxygen atoms in total. The van der Waals surface area contributed by atoms with Crippen molar-refractivity contribution in [1.82, 2.24) is 0 Å². The highest BCUT2D eigenvalue weighted by Crippen LogP contribution is 2.37. The molecule has 16 rings (SSSR count). The predicted molar refractivity (Wildman–Crippen MR) is 493 cm³/mol. The number of hydrogen-bond donors (Lipinski definition) is 8. The van der Waals surface area contributed by atoms with Gasteiger partial charge in [-0.25, -0.2) is 0 Å². The first-order chi connectivity index (χ1) is 59.6. The second-order valence-corrected chi connectivity index (χ2v) is 34.8. The van der Waals surface area contributed by atoms with Crippen LogP contribution in [0.15, 0.2) is 485 Å². The van der Waals surface area contributed by atoms with Crippen molar-refractivity contribution in [1.29, 1.82) is 0 Å². The molecular formula is C102H100Cl2N4O12P4. The van der Waals surface area contributed by atoms with Crippen LogP contribution in [0.25, 0.3) is 0 Å². The van der Waals surface area contributed by atoms with Crippen molar-refractivity contribution in [2.45, 2.75) is 22.2 Å². The molecule has 16 aromatic carbocycles. The second kappa shape index (κ2) is 49.1. The number of alkyl halides is 2. The molecule has 634 valence electrons. The topological polar surface area (TPSA) is 352 Å². The average Bonchev–Trinajstić information content (AvgIpc) is 0.785. The maximum Gasteiger partial charge on any atom is 0.172 e. The Morgan fingerprint density at radius 2 is 0.250 bits per heavy atom.